The maximum atomic E-state index is 6.13. The molecule has 0 saturated heterocycles. The van der Waals surface area contributed by atoms with Crippen molar-refractivity contribution in [3.8, 4) is 0 Å². The number of nitrogen functional groups attached to an aromatic ring is 2. The van der Waals surface area contributed by atoms with E-state index < -0.39 is 0 Å². The van der Waals surface area contributed by atoms with Gasteiger partial charge in [0.15, 0.2) is 0 Å². The van der Waals surface area contributed by atoms with Crippen molar-refractivity contribution in [3.05, 3.63) is 48.5 Å². The Bertz CT molecular complexity index is 499. The van der Waals surface area contributed by atoms with Crippen LogP contribution in [0.3, 0.4) is 0 Å². The zero-order valence-electron chi connectivity index (χ0n) is 12.8. The fourth-order valence-corrected chi connectivity index (χ4v) is 2.15. The van der Waals surface area contributed by atoms with E-state index in [0.717, 1.165) is 48.7 Å². The van der Waals surface area contributed by atoms with Crippen molar-refractivity contribution in [2.75, 3.05) is 35.2 Å². The molecule has 0 fully saturated rings. The van der Waals surface area contributed by atoms with Gasteiger partial charge in [0, 0.05) is 41.9 Å². The fourth-order valence-electron chi connectivity index (χ4n) is 2.15. The van der Waals surface area contributed by atoms with Gasteiger partial charge in [0.1, 0.15) is 0 Å². The van der Waals surface area contributed by atoms with Gasteiger partial charge in [-0.05, 0) is 61.4 Å². The van der Waals surface area contributed by atoms with Gasteiger partial charge in [-0.3, -0.25) is 0 Å². The Kier molecular flexibility index (Phi) is 5.91. The second-order valence-corrected chi connectivity index (χ2v) is 5.44. The highest BCUT2D eigenvalue weighted by molar-refractivity contribution is 5.51. The third-order valence-corrected chi connectivity index (χ3v) is 3.51. The molecule has 0 bridgehead atoms. The van der Waals surface area contributed by atoms with Crippen LogP contribution in [-0.4, -0.2) is 19.1 Å². The van der Waals surface area contributed by atoms with Crippen LogP contribution < -0.4 is 27.8 Å². The molecule has 0 aliphatic heterocycles. The molecule has 0 aliphatic carbocycles. The molecule has 2 aromatic carbocycles. The third kappa shape index (κ3) is 5.54. The zero-order valence-corrected chi connectivity index (χ0v) is 12.8. The lowest BCUT2D eigenvalue weighted by atomic mass is 10.1. The van der Waals surface area contributed by atoms with Crippen LogP contribution in [0.25, 0.3) is 0 Å². The summed E-state index contributed by atoms with van der Waals surface area (Å²) >= 11 is 0. The van der Waals surface area contributed by atoms with Crippen LogP contribution in [0.4, 0.5) is 22.7 Å². The topological polar surface area (TPSA) is 102 Å². The van der Waals surface area contributed by atoms with Gasteiger partial charge >= 0.3 is 0 Å². The van der Waals surface area contributed by atoms with E-state index in [0.29, 0.717) is 0 Å². The summed E-state index contributed by atoms with van der Waals surface area (Å²) in [4.78, 5) is 0. The number of hydrogen-bond donors (Lipinski definition) is 5. The number of rotatable bonds is 8. The first-order chi connectivity index (χ1) is 10.6. The highest BCUT2D eigenvalue weighted by atomic mass is 14.9. The molecule has 118 valence electrons. The molecule has 0 aliphatic rings. The molecule has 0 aromatic heterocycles. The first kappa shape index (κ1) is 16.0. The average molecular weight is 299 g/mol. The lowest BCUT2D eigenvalue weighted by Crippen LogP contribution is -2.26. The molecule has 0 unspecified atom stereocenters. The van der Waals surface area contributed by atoms with Crippen LogP contribution in [0.2, 0.25) is 0 Å². The Morgan fingerprint density at radius 3 is 1.41 bits per heavy atom. The van der Waals surface area contributed by atoms with Crippen molar-refractivity contribution in [2.24, 2.45) is 5.73 Å². The Morgan fingerprint density at radius 1 is 0.682 bits per heavy atom. The number of nitrogens with one attached hydrogen (secondary N) is 2. The molecule has 5 nitrogen and oxygen atoms in total. The van der Waals surface area contributed by atoms with Crippen molar-refractivity contribution in [1.29, 1.82) is 0 Å². The van der Waals surface area contributed by atoms with Crippen LogP contribution in [0, 0.1) is 0 Å². The first-order valence-corrected chi connectivity index (χ1v) is 7.58. The lowest BCUT2D eigenvalue weighted by molar-refractivity contribution is 0.599. The van der Waals surface area contributed by atoms with Crippen molar-refractivity contribution < 1.29 is 0 Å². The van der Waals surface area contributed by atoms with Gasteiger partial charge in [-0.1, -0.05) is 0 Å². The minimum absolute atomic E-state index is 0.169. The minimum Gasteiger partial charge on any atom is -0.399 e. The molecule has 0 atom stereocenters. The van der Waals surface area contributed by atoms with Crippen LogP contribution in [-0.2, 0) is 0 Å². The Morgan fingerprint density at radius 2 is 1.05 bits per heavy atom. The van der Waals surface area contributed by atoms with Crippen LogP contribution >= 0.6 is 0 Å². The summed E-state index contributed by atoms with van der Waals surface area (Å²) in [6, 6.07) is 15.6. The number of benzene rings is 2. The minimum atomic E-state index is 0.169. The number of hydrogen-bond acceptors (Lipinski definition) is 5. The Labute approximate surface area is 131 Å². The van der Waals surface area contributed by atoms with Gasteiger partial charge < -0.3 is 27.8 Å². The van der Waals surface area contributed by atoms with Gasteiger partial charge in [0.05, 0.1) is 0 Å². The van der Waals surface area contributed by atoms with E-state index in [4.69, 9.17) is 17.2 Å². The highest BCUT2D eigenvalue weighted by Crippen LogP contribution is 2.12. The second-order valence-electron chi connectivity index (χ2n) is 5.44. The zero-order chi connectivity index (χ0) is 15.8. The van der Waals surface area contributed by atoms with E-state index in [2.05, 4.69) is 10.6 Å². The van der Waals surface area contributed by atoms with E-state index in [9.17, 15) is 0 Å². The van der Waals surface area contributed by atoms with Crippen molar-refractivity contribution in [2.45, 2.75) is 18.9 Å². The third-order valence-electron chi connectivity index (χ3n) is 3.51. The van der Waals surface area contributed by atoms with Crippen LogP contribution in [0.5, 0.6) is 0 Å². The quantitative estimate of drug-likeness (QED) is 0.482. The predicted octanol–water partition coefficient (Wildman–Crippen LogP) is 2.48. The standard InChI is InChI=1S/C17H25N5/c18-13-1-5-16(6-2-13)21-11-9-15(20)10-12-22-17-7-3-14(19)4-8-17/h1-8,15,21-22H,9-12,18-20H2. The smallest absolute Gasteiger partial charge is 0.0341 e. The molecule has 0 amide bonds. The van der Waals surface area contributed by atoms with Gasteiger partial charge in [0.2, 0.25) is 0 Å². The summed E-state index contributed by atoms with van der Waals surface area (Å²) in [5.74, 6) is 0. The molecular formula is C17H25N5. The largest absolute Gasteiger partial charge is 0.399 e. The molecule has 5 heteroatoms. The molecule has 0 saturated carbocycles. The highest BCUT2D eigenvalue weighted by Gasteiger charge is 2.02. The molecule has 0 heterocycles. The SMILES string of the molecule is Nc1ccc(NCCC(N)CCNc2ccc(N)cc2)cc1. The second kappa shape index (κ2) is 8.14. The van der Waals surface area contributed by atoms with E-state index in [-0.39, 0.29) is 6.04 Å². The summed E-state index contributed by atoms with van der Waals surface area (Å²) in [6.45, 7) is 1.71. The molecule has 2 rings (SSSR count). The Balaban J connectivity index is 1.60. The van der Waals surface area contributed by atoms with Crippen LogP contribution in [0.15, 0.2) is 48.5 Å². The summed E-state index contributed by atoms with van der Waals surface area (Å²) in [6.07, 6.45) is 1.85. The molecule has 8 N–H and O–H groups in total. The van der Waals surface area contributed by atoms with Gasteiger partial charge in [-0.15, -0.1) is 0 Å². The van der Waals surface area contributed by atoms with Crippen molar-refractivity contribution in [1.82, 2.24) is 0 Å². The molecule has 0 spiro atoms. The molecule has 0 radical (unpaired) electrons. The summed E-state index contributed by atoms with van der Waals surface area (Å²) in [5.41, 5.74) is 21.1. The summed E-state index contributed by atoms with van der Waals surface area (Å²) < 4.78 is 0. The summed E-state index contributed by atoms with van der Waals surface area (Å²) in [7, 11) is 0. The van der Waals surface area contributed by atoms with E-state index in [1.165, 1.54) is 0 Å². The maximum Gasteiger partial charge on any atom is 0.0341 e. The first-order valence-electron chi connectivity index (χ1n) is 7.58. The fraction of sp³-hybridized carbons (Fsp3) is 0.294. The van der Waals surface area contributed by atoms with E-state index in [1.807, 2.05) is 48.5 Å². The monoisotopic (exact) mass is 299 g/mol. The maximum absolute atomic E-state index is 6.13. The van der Waals surface area contributed by atoms with E-state index in [1.54, 1.807) is 0 Å². The Hall–Kier alpha value is -2.40. The molecule has 2 aromatic rings. The number of nitrogens with two attached hydrogens (primary N) is 3. The average Bonchev–Trinajstić information content (AvgIpc) is 2.51. The predicted molar refractivity (Wildman–Crippen MR) is 95.9 cm³/mol. The van der Waals surface area contributed by atoms with Crippen molar-refractivity contribution >= 4 is 22.7 Å². The molecule has 22 heavy (non-hydrogen) atoms. The van der Waals surface area contributed by atoms with Gasteiger partial charge in [-0.2, -0.15) is 0 Å². The molecular weight excluding hydrogens is 274 g/mol. The van der Waals surface area contributed by atoms with Gasteiger partial charge in [0.25, 0.3) is 0 Å². The lowest BCUT2D eigenvalue weighted by Gasteiger charge is -2.14. The van der Waals surface area contributed by atoms with Crippen molar-refractivity contribution in [3.63, 3.8) is 0 Å². The van der Waals surface area contributed by atoms with Gasteiger partial charge in [-0.25, -0.2) is 0 Å². The van der Waals surface area contributed by atoms with E-state index >= 15 is 0 Å². The van der Waals surface area contributed by atoms with Crippen LogP contribution in [0.1, 0.15) is 12.8 Å². The normalized spacial score (nSPS) is 10.6. The number of anilines is 4. The summed E-state index contributed by atoms with van der Waals surface area (Å²) in [5, 5.41) is 6.69.